The standard InChI is InChI=1S/C9H13N3O3/c1-14-8(13)7(10)3-6-4-11-9(15-2)12-5-6/h4-5,7H,3,10H2,1-2H3. The minimum Gasteiger partial charge on any atom is -0.468 e. The maximum absolute atomic E-state index is 11.0. The van der Waals surface area contributed by atoms with Crippen LogP contribution in [0.25, 0.3) is 0 Å². The minimum atomic E-state index is -0.688. The third-order valence-electron chi connectivity index (χ3n) is 1.82. The first-order valence-corrected chi connectivity index (χ1v) is 4.35. The molecule has 15 heavy (non-hydrogen) atoms. The molecule has 0 bridgehead atoms. The molecule has 0 aliphatic heterocycles. The normalized spacial score (nSPS) is 11.9. The molecule has 1 unspecified atom stereocenters. The first-order chi connectivity index (χ1) is 7.17. The Bertz CT molecular complexity index is 326. The Morgan fingerprint density at radius 2 is 2.07 bits per heavy atom. The van der Waals surface area contributed by atoms with E-state index in [0.717, 1.165) is 5.56 Å². The van der Waals surface area contributed by atoms with Crippen molar-refractivity contribution in [2.45, 2.75) is 12.5 Å². The van der Waals surface area contributed by atoms with Crippen LogP contribution >= 0.6 is 0 Å². The summed E-state index contributed by atoms with van der Waals surface area (Å²) >= 11 is 0. The summed E-state index contributed by atoms with van der Waals surface area (Å²) in [4.78, 5) is 18.8. The molecule has 0 spiro atoms. The van der Waals surface area contributed by atoms with Crippen molar-refractivity contribution in [1.82, 2.24) is 9.97 Å². The SMILES string of the molecule is COC(=O)C(N)Cc1cnc(OC)nc1. The second kappa shape index (κ2) is 5.26. The predicted molar refractivity (Wildman–Crippen MR) is 52.3 cm³/mol. The number of hydrogen-bond acceptors (Lipinski definition) is 6. The molecule has 82 valence electrons. The molecule has 0 radical (unpaired) electrons. The van der Waals surface area contributed by atoms with Crippen molar-refractivity contribution in [3.63, 3.8) is 0 Å². The van der Waals surface area contributed by atoms with E-state index in [1.54, 1.807) is 12.4 Å². The molecule has 0 fully saturated rings. The Hall–Kier alpha value is -1.69. The molecule has 1 rings (SSSR count). The molecule has 6 nitrogen and oxygen atoms in total. The Balaban J connectivity index is 2.60. The van der Waals surface area contributed by atoms with Crippen molar-refractivity contribution in [3.8, 4) is 6.01 Å². The molecular weight excluding hydrogens is 198 g/mol. The van der Waals surface area contributed by atoms with Crippen LogP contribution in [0.1, 0.15) is 5.56 Å². The Kier molecular flexibility index (Phi) is 3.99. The van der Waals surface area contributed by atoms with Gasteiger partial charge in [0.25, 0.3) is 0 Å². The average molecular weight is 211 g/mol. The molecule has 1 heterocycles. The zero-order chi connectivity index (χ0) is 11.3. The van der Waals surface area contributed by atoms with Gasteiger partial charge in [0.2, 0.25) is 0 Å². The summed E-state index contributed by atoms with van der Waals surface area (Å²) in [5.41, 5.74) is 6.33. The van der Waals surface area contributed by atoms with E-state index < -0.39 is 12.0 Å². The van der Waals surface area contributed by atoms with Crippen molar-refractivity contribution in [2.75, 3.05) is 14.2 Å². The lowest BCUT2D eigenvalue weighted by molar-refractivity contribution is -0.142. The van der Waals surface area contributed by atoms with Crippen LogP contribution in [0.4, 0.5) is 0 Å². The van der Waals surface area contributed by atoms with Crippen molar-refractivity contribution in [3.05, 3.63) is 18.0 Å². The maximum Gasteiger partial charge on any atom is 0.322 e. The molecule has 0 aromatic carbocycles. The Morgan fingerprint density at radius 1 is 1.47 bits per heavy atom. The number of aromatic nitrogens is 2. The van der Waals surface area contributed by atoms with E-state index in [0.29, 0.717) is 6.42 Å². The number of rotatable bonds is 4. The summed E-state index contributed by atoms with van der Waals surface area (Å²) in [5, 5.41) is 0. The van der Waals surface area contributed by atoms with E-state index in [4.69, 9.17) is 10.5 Å². The highest BCUT2D eigenvalue weighted by Gasteiger charge is 2.14. The number of hydrogen-bond donors (Lipinski definition) is 1. The first kappa shape index (κ1) is 11.4. The summed E-state index contributed by atoms with van der Waals surface area (Å²) in [6, 6.07) is -0.405. The largest absolute Gasteiger partial charge is 0.468 e. The molecule has 0 aliphatic rings. The first-order valence-electron chi connectivity index (χ1n) is 4.35. The van der Waals surface area contributed by atoms with Gasteiger partial charge in [-0.1, -0.05) is 0 Å². The molecule has 1 aromatic heterocycles. The quantitative estimate of drug-likeness (QED) is 0.677. The fourth-order valence-electron chi connectivity index (χ4n) is 1.04. The number of carbonyl (C=O) groups excluding carboxylic acids is 1. The zero-order valence-electron chi connectivity index (χ0n) is 8.64. The summed E-state index contributed by atoms with van der Waals surface area (Å²) in [7, 11) is 2.78. The van der Waals surface area contributed by atoms with Crippen LogP contribution in [0.5, 0.6) is 6.01 Å². The molecule has 1 aromatic rings. The van der Waals surface area contributed by atoms with Crippen molar-refractivity contribution in [2.24, 2.45) is 5.73 Å². The molecule has 0 amide bonds. The lowest BCUT2D eigenvalue weighted by Gasteiger charge is -2.08. The zero-order valence-corrected chi connectivity index (χ0v) is 8.64. The van der Waals surface area contributed by atoms with Gasteiger partial charge >= 0.3 is 12.0 Å². The monoisotopic (exact) mass is 211 g/mol. The van der Waals surface area contributed by atoms with Crippen molar-refractivity contribution < 1.29 is 14.3 Å². The van der Waals surface area contributed by atoms with E-state index in [9.17, 15) is 4.79 Å². The van der Waals surface area contributed by atoms with Crippen molar-refractivity contribution >= 4 is 5.97 Å². The van der Waals surface area contributed by atoms with Crippen LogP contribution in [0.15, 0.2) is 12.4 Å². The minimum absolute atomic E-state index is 0.283. The van der Waals surface area contributed by atoms with Gasteiger partial charge in [-0.3, -0.25) is 4.79 Å². The highest BCUT2D eigenvalue weighted by molar-refractivity contribution is 5.75. The lowest BCUT2D eigenvalue weighted by Crippen LogP contribution is -2.33. The van der Waals surface area contributed by atoms with E-state index in [1.807, 2.05) is 0 Å². The van der Waals surface area contributed by atoms with Gasteiger partial charge in [-0.05, 0) is 5.56 Å². The molecule has 0 saturated carbocycles. The number of nitrogens with zero attached hydrogens (tertiary/aromatic N) is 2. The number of methoxy groups -OCH3 is 2. The molecule has 2 N–H and O–H groups in total. The van der Waals surface area contributed by atoms with Crippen LogP contribution in [0.2, 0.25) is 0 Å². The van der Waals surface area contributed by atoms with Gasteiger partial charge in [-0.25, -0.2) is 9.97 Å². The van der Waals surface area contributed by atoms with Crippen LogP contribution in [-0.4, -0.2) is 36.2 Å². The lowest BCUT2D eigenvalue weighted by atomic mass is 10.1. The molecule has 1 atom stereocenters. The smallest absolute Gasteiger partial charge is 0.322 e. The Labute approximate surface area is 87.4 Å². The van der Waals surface area contributed by atoms with Crippen LogP contribution in [0, 0.1) is 0 Å². The average Bonchev–Trinajstić information content (AvgIpc) is 2.29. The van der Waals surface area contributed by atoms with Crippen molar-refractivity contribution in [1.29, 1.82) is 0 Å². The van der Waals surface area contributed by atoms with Gasteiger partial charge in [0.05, 0.1) is 14.2 Å². The fourth-order valence-corrected chi connectivity index (χ4v) is 1.04. The summed E-state index contributed by atoms with van der Waals surface area (Å²) in [5.74, 6) is -0.453. The van der Waals surface area contributed by atoms with Crippen LogP contribution in [-0.2, 0) is 16.0 Å². The van der Waals surface area contributed by atoms with E-state index in [2.05, 4.69) is 14.7 Å². The third kappa shape index (κ3) is 3.17. The van der Waals surface area contributed by atoms with Crippen LogP contribution < -0.4 is 10.5 Å². The van der Waals surface area contributed by atoms with Gasteiger partial charge in [-0.15, -0.1) is 0 Å². The van der Waals surface area contributed by atoms with Gasteiger partial charge in [-0.2, -0.15) is 0 Å². The molecule has 6 heteroatoms. The maximum atomic E-state index is 11.0. The fraction of sp³-hybridized carbons (Fsp3) is 0.444. The van der Waals surface area contributed by atoms with Gasteiger partial charge in [0, 0.05) is 18.8 Å². The van der Waals surface area contributed by atoms with E-state index >= 15 is 0 Å². The number of nitrogens with two attached hydrogens (primary N) is 1. The molecule has 0 aliphatic carbocycles. The summed E-state index contributed by atoms with van der Waals surface area (Å²) in [6.45, 7) is 0. The highest BCUT2D eigenvalue weighted by atomic mass is 16.5. The summed E-state index contributed by atoms with van der Waals surface area (Å²) < 4.78 is 9.30. The molecule has 0 saturated heterocycles. The van der Waals surface area contributed by atoms with Crippen LogP contribution in [0.3, 0.4) is 0 Å². The topological polar surface area (TPSA) is 87.3 Å². The summed E-state index contributed by atoms with van der Waals surface area (Å²) in [6.07, 6.45) is 3.47. The number of carbonyl (C=O) groups is 1. The van der Waals surface area contributed by atoms with E-state index in [-0.39, 0.29) is 6.01 Å². The Morgan fingerprint density at radius 3 is 2.53 bits per heavy atom. The van der Waals surface area contributed by atoms with Gasteiger partial charge in [0.1, 0.15) is 6.04 Å². The second-order valence-corrected chi connectivity index (χ2v) is 2.91. The highest BCUT2D eigenvalue weighted by Crippen LogP contribution is 2.04. The molecular formula is C9H13N3O3. The predicted octanol–water partition coefficient (Wildman–Crippen LogP) is -0.472. The van der Waals surface area contributed by atoms with Gasteiger partial charge < -0.3 is 15.2 Å². The second-order valence-electron chi connectivity index (χ2n) is 2.91. The van der Waals surface area contributed by atoms with E-state index in [1.165, 1.54) is 14.2 Å². The van der Waals surface area contributed by atoms with Gasteiger partial charge in [0.15, 0.2) is 0 Å². The number of esters is 1. The number of ether oxygens (including phenoxy) is 2. The third-order valence-corrected chi connectivity index (χ3v) is 1.82.